The molecule has 2 N–H and O–H groups in total. The van der Waals surface area contributed by atoms with Gasteiger partial charge in [0.05, 0.1) is 12.7 Å². The highest BCUT2D eigenvalue weighted by Crippen LogP contribution is 2.23. The molecule has 1 heterocycles. The molecule has 1 fully saturated rings. The van der Waals surface area contributed by atoms with Crippen LogP contribution in [0.3, 0.4) is 0 Å². The first-order valence-corrected chi connectivity index (χ1v) is 6.33. The molecule has 5 nitrogen and oxygen atoms in total. The van der Waals surface area contributed by atoms with Crippen LogP contribution in [0, 0.1) is 0 Å². The first-order valence-electron chi connectivity index (χ1n) is 5.54. The predicted octanol–water partition coefficient (Wildman–Crippen LogP) is 1.54. The Morgan fingerprint density at radius 1 is 1.56 bits per heavy atom. The van der Waals surface area contributed by atoms with Gasteiger partial charge in [-0.15, -0.1) is 0 Å². The maximum Gasteiger partial charge on any atom is 0.339 e. The smallest absolute Gasteiger partial charge is 0.339 e. The lowest BCUT2D eigenvalue weighted by Crippen LogP contribution is -2.29. The molecule has 6 heteroatoms. The highest BCUT2D eigenvalue weighted by molar-refractivity contribution is 9.10. The fraction of sp³-hybridized carbons (Fsp3) is 0.333. The van der Waals surface area contributed by atoms with Crippen molar-refractivity contribution in [2.45, 2.75) is 12.5 Å². The van der Waals surface area contributed by atoms with Crippen LogP contribution in [-0.4, -0.2) is 31.6 Å². The van der Waals surface area contributed by atoms with Crippen LogP contribution < -0.4 is 10.6 Å². The van der Waals surface area contributed by atoms with Crippen LogP contribution in [-0.2, 0) is 9.53 Å². The highest BCUT2D eigenvalue weighted by Gasteiger charge is 2.24. The monoisotopic (exact) mass is 312 g/mol. The summed E-state index contributed by atoms with van der Waals surface area (Å²) >= 11 is 3.29. The van der Waals surface area contributed by atoms with Crippen molar-refractivity contribution < 1.29 is 14.3 Å². The van der Waals surface area contributed by atoms with E-state index in [9.17, 15) is 9.59 Å². The van der Waals surface area contributed by atoms with Crippen LogP contribution >= 0.6 is 15.9 Å². The summed E-state index contributed by atoms with van der Waals surface area (Å²) in [5, 5.41) is 5.84. The van der Waals surface area contributed by atoms with Crippen LogP contribution in [0.2, 0.25) is 0 Å². The van der Waals surface area contributed by atoms with E-state index in [0.29, 0.717) is 16.6 Å². The number of benzene rings is 1. The fourth-order valence-electron chi connectivity index (χ4n) is 1.81. The van der Waals surface area contributed by atoms with Crippen LogP contribution in [0.25, 0.3) is 0 Å². The highest BCUT2D eigenvalue weighted by atomic mass is 79.9. The van der Waals surface area contributed by atoms with Gasteiger partial charge in [-0.2, -0.15) is 0 Å². The average molecular weight is 313 g/mol. The van der Waals surface area contributed by atoms with Crippen molar-refractivity contribution in [1.82, 2.24) is 5.32 Å². The number of hydrogen-bond donors (Lipinski definition) is 2. The summed E-state index contributed by atoms with van der Waals surface area (Å²) in [6.45, 7) is 0.677. The SMILES string of the molecule is COC(=O)c1cc(N[C@H]2CCNC2=O)ccc1Br. The maximum atomic E-state index is 11.5. The number of ether oxygens (including phenoxy) is 1. The van der Waals surface area contributed by atoms with Gasteiger partial charge in [-0.3, -0.25) is 4.79 Å². The number of hydrogen-bond acceptors (Lipinski definition) is 4. The van der Waals surface area contributed by atoms with Crippen LogP contribution in [0.4, 0.5) is 5.69 Å². The van der Waals surface area contributed by atoms with E-state index in [0.717, 1.165) is 12.1 Å². The molecule has 96 valence electrons. The van der Waals surface area contributed by atoms with E-state index in [1.807, 2.05) is 6.07 Å². The molecule has 18 heavy (non-hydrogen) atoms. The van der Waals surface area contributed by atoms with E-state index in [1.54, 1.807) is 12.1 Å². The van der Waals surface area contributed by atoms with Crippen molar-refractivity contribution in [3.63, 3.8) is 0 Å². The Morgan fingerprint density at radius 2 is 2.33 bits per heavy atom. The van der Waals surface area contributed by atoms with E-state index >= 15 is 0 Å². The Kier molecular flexibility index (Phi) is 3.86. The van der Waals surface area contributed by atoms with E-state index in [1.165, 1.54) is 7.11 Å². The minimum absolute atomic E-state index is 0.0162. The quantitative estimate of drug-likeness (QED) is 0.831. The van der Waals surface area contributed by atoms with Crippen LogP contribution in [0.1, 0.15) is 16.8 Å². The summed E-state index contributed by atoms with van der Waals surface area (Å²) in [6, 6.07) is 4.99. The summed E-state index contributed by atoms with van der Waals surface area (Å²) < 4.78 is 5.35. The first-order chi connectivity index (χ1) is 8.61. The van der Waals surface area contributed by atoms with Gasteiger partial charge in [-0.25, -0.2) is 4.79 Å². The molecule has 0 bridgehead atoms. The summed E-state index contributed by atoms with van der Waals surface area (Å²) in [5.74, 6) is -0.432. The lowest BCUT2D eigenvalue weighted by molar-refractivity contribution is -0.119. The molecule has 0 aromatic heterocycles. The minimum Gasteiger partial charge on any atom is -0.465 e. The molecule has 0 saturated carbocycles. The summed E-state index contributed by atoms with van der Waals surface area (Å²) in [5.41, 5.74) is 1.15. The number of carbonyl (C=O) groups is 2. The van der Waals surface area contributed by atoms with Crippen molar-refractivity contribution in [3.8, 4) is 0 Å². The zero-order valence-electron chi connectivity index (χ0n) is 9.83. The molecule has 1 aliphatic heterocycles. The number of anilines is 1. The Bertz CT molecular complexity index is 490. The molecule has 1 aromatic carbocycles. The lowest BCUT2D eigenvalue weighted by Gasteiger charge is -2.12. The molecule has 1 saturated heterocycles. The second kappa shape index (κ2) is 5.39. The lowest BCUT2D eigenvalue weighted by atomic mass is 10.1. The molecule has 1 aliphatic rings. The predicted molar refractivity (Wildman–Crippen MR) is 70.5 cm³/mol. The first kappa shape index (κ1) is 12.9. The average Bonchev–Trinajstić information content (AvgIpc) is 2.76. The van der Waals surface area contributed by atoms with E-state index < -0.39 is 5.97 Å². The third-order valence-electron chi connectivity index (χ3n) is 2.76. The van der Waals surface area contributed by atoms with Gasteiger partial charge in [0.15, 0.2) is 0 Å². The number of nitrogens with one attached hydrogen (secondary N) is 2. The number of carbonyl (C=O) groups excluding carboxylic acids is 2. The Labute approximate surface area is 113 Å². The number of halogens is 1. The molecule has 1 amide bonds. The summed E-state index contributed by atoms with van der Waals surface area (Å²) in [4.78, 5) is 23.0. The van der Waals surface area contributed by atoms with Crippen molar-refractivity contribution in [1.29, 1.82) is 0 Å². The van der Waals surface area contributed by atoms with Gasteiger partial charge in [-0.05, 0) is 40.5 Å². The third-order valence-corrected chi connectivity index (χ3v) is 3.45. The van der Waals surface area contributed by atoms with Gasteiger partial charge in [0.2, 0.25) is 5.91 Å². The van der Waals surface area contributed by atoms with E-state index in [4.69, 9.17) is 0 Å². The second-order valence-corrected chi connectivity index (χ2v) is 4.82. The standard InChI is InChI=1S/C12H13BrN2O3/c1-18-12(17)8-6-7(2-3-9(8)13)15-10-4-5-14-11(10)16/h2-3,6,10,15H,4-5H2,1H3,(H,14,16)/t10-/m0/s1. The third kappa shape index (κ3) is 2.64. The molecule has 0 unspecified atom stereocenters. The molecular formula is C12H13BrN2O3. The Morgan fingerprint density at radius 3 is 2.94 bits per heavy atom. The van der Waals surface area contributed by atoms with Gasteiger partial charge >= 0.3 is 5.97 Å². The minimum atomic E-state index is -0.415. The van der Waals surface area contributed by atoms with Gasteiger partial charge in [0.25, 0.3) is 0 Å². The van der Waals surface area contributed by atoms with Crippen molar-refractivity contribution >= 4 is 33.5 Å². The molecule has 0 spiro atoms. The largest absolute Gasteiger partial charge is 0.465 e. The summed E-state index contributed by atoms with van der Waals surface area (Å²) in [7, 11) is 1.33. The van der Waals surface area contributed by atoms with Crippen molar-refractivity contribution in [2.75, 3.05) is 19.0 Å². The number of esters is 1. The van der Waals surface area contributed by atoms with Crippen LogP contribution in [0.5, 0.6) is 0 Å². The maximum absolute atomic E-state index is 11.5. The molecule has 1 atom stereocenters. The van der Waals surface area contributed by atoms with Crippen LogP contribution in [0.15, 0.2) is 22.7 Å². The molecular weight excluding hydrogens is 300 g/mol. The van der Waals surface area contributed by atoms with Gasteiger partial charge in [-0.1, -0.05) is 0 Å². The molecule has 0 radical (unpaired) electrons. The topological polar surface area (TPSA) is 67.4 Å². The fourth-order valence-corrected chi connectivity index (χ4v) is 2.22. The Balaban J connectivity index is 2.19. The van der Waals surface area contributed by atoms with Crippen molar-refractivity contribution in [2.24, 2.45) is 0 Å². The zero-order chi connectivity index (χ0) is 13.1. The van der Waals surface area contributed by atoms with E-state index in [2.05, 4.69) is 31.3 Å². The zero-order valence-corrected chi connectivity index (χ0v) is 11.4. The molecule has 1 aromatic rings. The van der Waals surface area contributed by atoms with Crippen molar-refractivity contribution in [3.05, 3.63) is 28.2 Å². The molecule has 0 aliphatic carbocycles. The Hall–Kier alpha value is -1.56. The number of amides is 1. The summed E-state index contributed by atoms with van der Waals surface area (Å²) in [6.07, 6.45) is 0.739. The second-order valence-electron chi connectivity index (χ2n) is 3.96. The number of rotatable bonds is 3. The van der Waals surface area contributed by atoms with Gasteiger partial charge in [0, 0.05) is 16.7 Å². The normalized spacial score (nSPS) is 18.3. The van der Waals surface area contributed by atoms with E-state index in [-0.39, 0.29) is 11.9 Å². The van der Waals surface area contributed by atoms with Gasteiger partial charge < -0.3 is 15.4 Å². The number of methoxy groups -OCH3 is 1. The van der Waals surface area contributed by atoms with Gasteiger partial charge in [0.1, 0.15) is 6.04 Å². The molecule has 2 rings (SSSR count).